The van der Waals surface area contributed by atoms with E-state index in [1.165, 1.54) is 42.5 Å². The molecule has 0 aliphatic heterocycles. The Kier molecular flexibility index (Phi) is 4.96. The molecule has 1 nitrogen and oxygen atoms in total. The van der Waals surface area contributed by atoms with E-state index < -0.39 is 6.36 Å². The molecule has 1 aliphatic carbocycles. The fourth-order valence-electron chi connectivity index (χ4n) is 2.89. The van der Waals surface area contributed by atoms with Crippen LogP contribution in [0.2, 0.25) is 0 Å². The standard InChI is InChI=1S/C17H21F3O/c1-12(14-6-4-3-5-7-14)13(2)15-8-10-16(11-9-15)21-17(18,19)20/h8-11,13H,3-7H2,1-2H3. The van der Waals surface area contributed by atoms with Gasteiger partial charge in [0.05, 0.1) is 0 Å². The lowest BCUT2D eigenvalue weighted by molar-refractivity contribution is -0.274. The van der Waals surface area contributed by atoms with Gasteiger partial charge in [0.15, 0.2) is 0 Å². The Morgan fingerprint density at radius 1 is 1.05 bits per heavy atom. The van der Waals surface area contributed by atoms with E-state index in [-0.39, 0.29) is 11.7 Å². The molecule has 1 aromatic rings. The van der Waals surface area contributed by atoms with Crippen LogP contribution in [0.5, 0.6) is 5.75 Å². The third kappa shape index (κ3) is 4.51. The quantitative estimate of drug-likeness (QED) is 0.625. The van der Waals surface area contributed by atoms with Crippen molar-refractivity contribution in [2.75, 3.05) is 0 Å². The molecule has 0 N–H and O–H groups in total. The highest BCUT2D eigenvalue weighted by molar-refractivity contribution is 5.34. The largest absolute Gasteiger partial charge is 0.573 e. The Morgan fingerprint density at radius 3 is 2.14 bits per heavy atom. The highest BCUT2D eigenvalue weighted by Gasteiger charge is 2.31. The summed E-state index contributed by atoms with van der Waals surface area (Å²) >= 11 is 0. The van der Waals surface area contributed by atoms with E-state index in [0.29, 0.717) is 0 Å². The molecule has 0 bridgehead atoms. The van der Waals surface area contributed by atoms with E-state index >= 15 is 0 Å². The molecule has 0 spiro atoms. The van der Waals surface area contributed by atoms with Crippen molar-refractivity contribution in [1.29, 1.82) is 0 Å². The summed E-state index contributed by atoms with van der Waals surface area (Å²) in [6.07, 6.45) is 1.48. The van der Waals surface area contributed by atoms with E-state index in [4.69, 9.17) is 0 Å². The van der Waals surface area contributed by atoms with Crippen molar-refractivity contribution in [3.05, 3.63) is 41.0 Å². The first-order valence-corrected chi connectivity index (χ1v) is 7.41. The van der Waals surface area contributed by atoms with Crippen LogP contribution in [-0.4, -0.2) is 6.36 Å². The van der Waals surface area contributed by atoms with Crippen LogP contribution in [-0.2, 0) is 0 Å². The summed E-state index contributed by atoms with van der Waals surface area (Å²) in [6, 6.07) is 6.22. The third-order valence-corrected chi connectivity index (χ3v) is 4.28. The lowest BCUT2D eigenvalue weighted by Crippen LogP contribution is -2.17. The zero-order chi connectivity index (χ0) is 15.5. The number of alkyl halides is 3. The van der Waals surface area contributed by atoms with Crippen molar-refractivity contribution in [2.24, 2.45) is 0 Å². The van der Waals surface area contributed by atoms with Crippen molar-refractivity contribution in [3.63, 3.8) is 0 Å². The van der Waals surface area contributed by atoms with Gasteiger partial charge in [0.1, 0.15) is 5.75 Å². The molecule has 2 rings (SSSR count). The van der Waals surface area contributed by atoms with Gasteiger partial charge in [-0.15, -0.1) is 13.2 Å². The van der Waals surface area contributed by atoms with Gasteiger partial charge in [0.25, 0.3) is 0 Å². The zero-order valence-electron chi connectivity index (χ0n) is 12.5. The van der Waals surface area contributed by atoms with Gasteiger partial charge in [-0.05, 0) is 50.3 Å². The Hall–Kier alpha value is -1.45. The minimum Gasteiger partial charge on any atom is -0.406 e. The molecule has 116 valence electrons. The zero-order valence-corrected chi connectivity index (χ0v) is 12.5. The second-order valence-electron chi connectivity index (χ2n) is 5.69. The number of rotatable bonds is 3. The predicted molar refractivity (Wildman–Crippen MR) is 77.3 cm³/mol. The topological polar surface area (TPSA) is 9.23 Å². The van der Waals surface area contributed by atoms with Gasteiger partial charge in [-0.2, -0.15) is 0 Å². The molecular weight excluding hydrogens is 277 g/mol. The Bertz CT molecular complexity index is 492. The van der Waals surface area contributed by atoms with E-state index in [2.05, 4.69) is 18.6 Å². The van der Waals surface area contributed by atoms with E-state index in [0.717, 1.165) is 18.4 Å². The summed E-state index contributed by atoms with van der Waals surface area (Å²) in [7, 11) is 0. The summed E-state index contributed by atoms with van der Waals surface area (Å²) in [4.78, 5) is 0. The van der Waals surface area contributed by atoms with E-state index in [9.17, 15) is 13.2 Å². The van der Waals surface area contributed by atoms with Gasteiger partial charge in [0.2, 0.25) is 0 Å². The molecule has 0 heterocycles. The normalized spacial score (nSPS) is 17.5. The fraction of sp³-hybridized carbons (Fsp3) is 0.529. The maximum atomic E-state index is 12.1. The first kappa shape index (κ1) is 15.9. The Morgan fingerprint density at radius 2 is 1.62 bits per heavy atom. The monoisotopic (exact) mass is 298 g/mol. The first-order valence-electron chi connectivity index (χ1n) is 7.41. The van der Waals surface area contributed by atoms with E-state index in [1.54, 1.807) is 12.1 Å². The van der Waals surface area contributed by atoms with Gasteiger partial charge < -0.3 is 4.74 Å². The number of halogens is 3. The third-order valence-electron chi connectivity index (χ3n) is 4.28. The second kappa shape index (κ2) is 6.54. The highest BCUT2D eigenvalue weighted by atomic mass is 19.4. The van der Waals surface area contributed by atoms with E-state index in [1.807, 2.05) is 0 Å². The minimum absolute atomic E-state index is 0.165. The molecule has 1 atom stereocenters. The van der Waals surface area contributed by atoms with Crippen molar-refractivity contribution >= 4 is 0 Å². The van der Waals surface area contributed by atoms with Gasteiger partial charge in [-0.3, -0.25) is 0 Å². The van der Waals surface area contributed by atoms with Gasteiger partial charge in [-0.1, -0.05) is 36.6 Å². The molecule has 0 saturated heterocycles. The minimum atomic E-state index is -4.63. The first-order chi connectivity index (χ1) is 9.87. The number of allylic oxidation sites excluding steroid dienone is 2. The summed E-state index contributed by atoms with van der Waals surface area (Å²) in [5, 5.41) is 0. The highest BCUT2D eigenvalue weighted by Crippen LogP contribution is 2.34. The maximum absolute atomic E-state index is 12.1. The van der Waals surface area contributed by atoms with Gasteiger partial charge in [0, 0.05) is 5.92 Å². The van der Waals surface area contributed by atoms with Crippen molar-refractivity contribution in [3.8, 4) is 5.75 Å². The lowest BCUT2D eigenvalue weighted by atomic mass is 9.84. The lowest BCUT2D eigenvalue weighted by Gasteiger charge is -2.22. The predicted octanol–water partition coefficient (Wildman–Crippen LogP) is 5.97. The summed E-state index contributed by atoms with van der Waals surface area (Å²) in [6.45, 7) is 4.25. The summed E-state index contributed by atoms with van der Waals surface area (Å²) in [5.74, 6) is 0.0689. The van der Waals surface area contributed by atoms with Crippen LogP contribution < -0.4 is 4.74 Å². The number of benzene rings is 1. The Labute approximate surface area is 123 Å². The molecule has 1 unspecified atom stereocenters. The molecule has 1 fully saturated rings. The van der Waals surface area contributed by atoms with Crippen LogP contribution in [0.4, 0.5) is 13.2 Å². The molecular formula is C17H21F3O. The fourth-order valence-corrected chi connectivity index (χ4v) is 2.89. The number of ether oxygens (including phenoxy) is 1. The molecule has 0 aromatic heterocycles. The smallest absolute Gasteiger partial charge is 0.406 e. The van der Waals surface area contributed by atoms with Crippen LogP contribution in [0.3, 0.4) is 0 Å². The molecule has 4 heteroatoms. The van der Waals surface area contributed by atoms with Crippen LogP contribution in [0.1, 0.15) is 57.4 Å². The van der Waals surface area contributed by atoms with Crippen molar-refractivity contribution in [2.45, 2.75) is 58.2 Å². The van der Waals surface area contributed by atoms with Crippen molar-refractivity contribution < 1.29 is 17.9 Å². The average molecular weight is 298 g/mol. The van der Waals surface area contributed by atoms with Crippen LogP contribution >= 0.6 is 0 Å². The summed E-state index contributed by atoms with van der Waals surface area (Å²) < 4.78 is 40.3. The van der Waals surface area contributed by atoms with Crippen LogP contribution in [0.15, 0.2) is 35.4 Å². The molecule has 1 aromatic carbocycles. The second-order valence-corrected chi connectivity index (χ2v) is 5.69. The molecule has 0 amide bonds. The van der Waals surface area contributed by atoms with Crippen LogP contribution in [0, 0.1) is 0 Å². The molecule has 1 saturated carbocycles. The average Bonchev–Trinajstić information content (AvgIpc) is 2.46. The van der Waals surface area contributed by atoms with Gasteiger partial charge in [-0.25, -0.2) is 0 Å². The molecule has 21 heavy (non-hydrogen) atoms. The van der Waals surface area contributed by atoms with Crippen LogP contribution in [0.25, 0.3) is 0 Å². The van der Waals surface area contributed by atoms with Crippen molar-refractivity contribution in [1.82, 2.24) is 0 Å². The maximum Gasteiger partial charge on any atom is 0.573 e. The molecule has 0 radical (unpaired) electrons. The number of hydrogen-bond acceptors (Lipinski definition) is 1. The molecule has 1 aliphatic rings. The number of hydrogen-bond donors (Lipinski definition) is 0. The Balaban J connectivity index is 2.10. The van der Waals surface area contributed by atoms with Gasteiger partial charge >= 0.3 is 6.36 Å². The summed E-state index contributed by atoms with van der Waals surface area (Å²) in [5.41, 5.74) is 3.91. The SMILES string of the molecule is CC(=C1CCCCC1)C(C)c1ccc(OC(F)(F)F)cc1.